The minimum Gasteiger partial charge on any atom is -0.356 e. The van der Waals surface area contributed by atoms with Crippen molar-refractivity contribution in [3.8, 4) is 11.1 Å². The molecular weight excluding hydrogens is 492 g/mol. The molecule has 1 atom stereocenters. The van der Waals surface area contributed by atoms with Crippen molar-refractivity contribution in [2.45, 2.75) is 25.5 Å². The predicted octanol–water partition coefficient (Wildman–Crippen LogP) is 4.07. The van der Waals surface area contributed by atoms with Gasteiger partial charge in [0.1, 0.15) is 17.2 Å². The Hall–Kier alpha value is -3.77. The van der Waals surface area contributed by atoms with Crippen LogP contribution in [0.5, 0.6) is 0 Å². The number of hydrogen-bond donors (Lipinski definition) is 1. The molecule has 9 nitrogen and oxygen atoms in total. The Labute approximate surface area is 205 Å². The van der Waals surface area contributed by atoms with Crippen LogP contribution in [0, 0.1) is 11.6 Å². The molecule has 1 saturated heterocycles. The van der Waals surface area contributed by atoms with Gasteiger partial charge >= 0.3 is 0 Å². The molecule has 36 heavy (non-hydrogen) atoms. The number of nitrogens with zero attached hydrogens (tertiary/aromatic N) is 4. The summed E-state index contributed by atoms with van der Waals surface area (Å²) in [6.45, 7) is 0.525. The molecule has 4 aromatic rings. The lowest BCUT2D eigenvalue weighted by atomic mass is 10.0. The molecule has 12 heteroatoms. The number of ketones is 1. The van der Waals surface area contributed by atoms with E-state index in [4.69, 9.17) is 4.74 Å². The number of hydrogen-bond acceptors (Lipinski definition) is 7. The molecule has 5 rings (SSSR count). The Balaban J connectivity index is 1.67. The number of anilines is 1. The van der Waals surface area contributed by atoms with Crippen LogP contribution in [0.1, 0.15) is 41.5 Å². The summed E-state index contributed by atoms with van der Waals surface area (Å²) in [4.78, 5) is 22.1. The summed E-state index contributed by atoms with van der Waals surface area (Å²) in [6.07, 6.45) is 7.64. The number of halogens is 2. The number of carbonyl (C=O) groups is 1. The summed E-state index contributed by atoms with van der Waals surface area (Å²) >= 11 is 0. The monoisotopic (exact) mass is 513 g/mol. The number of pyridine rings is 2. The minimum atomic E-state index is -4.00. The van der Waals surface area contributed by atoms with Crippen LogP contribution in [0.4, 0.5) is 14.5 Å². The molecular formula is C24H21F2N5O4S. The van der Waals surface area contributed by atoms with Gasteiger partial charge in [-0.3, -0.25) is 14.5 Å². The summed E-state index contributed by atoms with van der Waals surface area (Å²) in [6, 6.07) is 7.06. The Morgan fingerprint density at radius 3 is 2.61 bits per heavy atom. The minimum absolute atomic E-state index is 0.113. The van der Waals surface area contributed by atoms with Gasteiger partial charge in [-0.25, -0.2) is 26.9 Å². The molecule has 0 saturated carbocycles. The average Bonchev–Trinajstić information content (AvgIpc) is 3.26. The van der Waals surface area contributed by atoms with Gasteiger partial charge < -0.3 is 4.74 Å². The molecule has 1 fully saturated rings. The lowest BCUT2D eigenvalue weighted by Gasteiger charge is -2.23. The third-order valence-corrected chi connectivity index (χ3v) is 6.40. The highest BCUT2D eigenvalue weighted by atomic mass is 32.2. The van der Waals surface area contributed by atoms with Crippen molar-refractivity contribution in [3.63, 3.8) is 0 Å². The molecule has 0 bridgehead atoms. The van der Waals surface area contributed by atoms with E-state index in [1.54, 1.807) is 41.5 Å². The first kappa shape index (κ1) is 23.9. The smallest absolute Gasteiger partial charge is 0.230 e. The second-order valence-corrected chi connectivity index (χ2v) is 10.2. The highest BCUT2D eigenvalue weighted by Crippen LogP contribution is 2.32. The van der Waals surface area contributed by atoms with Crippen LogP contribution < -0.4 is 4.72 Å². The Bertz CT molecular complexity index is 1570. The summed E-state index contributed by atoms with van der Waals surface area (Å²) in [5, 5.41) is 4.81. The second-order valence-electron chi connectivity index (χ2n) is 8.43. The lowest BCUT2D eigenvalue weighted by molar-refractivity contribution is -0.0371. The average molecular weight is 514 g/mol. The number of sulfonamides is 1. The summed E-state index contributed by atoms with van der Waals surface area (Å²) in [7, 11) is -4.00. The van der Waals surface area contributed by atoms with Crippen molar-refractivity contribution < 1.29 is 26.7 Å². The topological polar surface area (TPSA) is 116 Å². The Morgan fingerprint density at radius 2 is 1.92 bits per heavy atom. The highest BCUT2D eigenvalue weighted by Gasteiger charge is 2.29. The quantitative estimate of drug-likeness (QED) is 0.386. The summed E-state index contributed by atoms with van der Waals surface area (Å²) < 4.78 is 61.8. The van der Waals surface area contributed by atoms with E-state index in [2.05, 4.69) is 15.1 Å². The molecule has 1 unspecified atom stereocenters. The van der Waals surface area contributed by atoms with Crippen molar-refractivity contribution in [2.75, 3.05) is 17.6 Å². The fraction of sp³-hybridized carbons (Fsp3) is 0.250. The van der Waals surface area contributed by atoms with Gasteiger partial charge in [-0.05, 0) is 55.2 Å². The fourth-order valence-electron chi connectivity index (χ4n) is 4.15. The predicted molar refractivity (Wildman–Crippen MR) is 128 cm³/mol. The Morgan fingerprint density at radius 1 is 1.14 bits per heavy atom. The van der Waals surface area contributed by atoms with Gasteiger partial charge in [0.2, 0.25) is 15.8 Å². The van der Waals surface area contributed by atoms with Gasteiger partial charge in [-0.2, -0.15) is 5.10 Å². The van der Waals surface area contributed by atoms with Crippen molar-refractivity contribution in [2.24, 2.45) is 0 Å². The van der Waals surface area contributed by atoms with E-state index in [1.807, 2.05) is 0 Å². The van der Waals surface area contributed by atoms with Crippen molar-refractivity contribution in [1.29, 1.82) is 0 Å². The largest absolute Gasteiger partial charge is 0.356 e. The van der Waals surface area contributed by atoms with E-state index in [0.717, 1.165) is 36.8 Å². The van der Waals surface area contributed by atoms with Crippen LogP contribution in [-0.2, 0) is 14.8 Å². The van der Waals surface area contributed by atoms with Crippen molar-refractivity contribution >= 4 is 32.5 Å². The van der Waals surface area contributed by atoms with E-state index >= 15 is 4.39 Å². The van der Waals surface area contributed by atoms with Crippen LogP contribution in [0.2, 0.25) is 0 Å². The van der Waals surface area contributed by atoms with Gasteiger partial charge in [0, 0.05) is 30.8 Å². The van der Waals surface area contributed by atoms with Crippen LogP contribution in [0.3, 0.4) is 0 Å². The maximum Gasteiger partial charge on any atom is 0.230 e. The number of carbonyl (C=O) groups excluding carboxylic acids is 1. The lowest BCUT2D eigenvalue weighted by Crippen LogP contribution is -2.20. The van der Waals surface area contributed by atoms with E-state index in [-0.39, 0.29) is 5.69 Å². The Kier molecular flexibility index (Phi) is 6.22. The molecule has 0 radical (unpaired) electrons. The van der Waals surface area contributed by atoms with Crippen LogP contribution >= 0.6 is 0 Å². The van der Waals surface area contributed by atoms with E-state index < -0.39 is 44.9 Å². The maximum atomic E-state index is 15.2. The summed E-state index contributed by atoms with van der Waals surface area (Å²) in [5.41, 5.74) is 0.277. The molecule has 1 aliphatic heterocycles. The van der Waals surface area contributed by atoms with Crippen molar-refractivity contribution in [1.82, 2.24) is 19.7 Å². The number of ether oxygens (including phenoxy) is 1. The van der Waals surface area contributed by atoms with Crippen LogP contribution in [-0.4, -0.2) is 46.8 Å². The van der Waals surface area contributed by atoms with Gasteiger partial charge in [0.05, 0.1) is 17.2 Å². The number of rotatable bonds is 6. The number of nitrogens with one attached hydrogen (secondary N) is 1. The van der Waals surface area contributed by atoms with E-state index in [1.165, 1.54) is 4.68 Å². The normalized spacial score (nSPS) is 16.2. The fourth-order valence-corrected chi connectivity index (χ4v) is 4.70. The second kappa shape index (κ2) is 9.36. The number of aromatic nitrogens is 4. The first-order chi connectivity index (χ1) is 17.2. The molecule has 1 aromatic carbocycles. The van der Waals surface area contributed by atoms with Crippen molar-refractivity contribution in [3.05, 3.63) is 71.8 Å². The first-order valence-corrected chi connectivity index (χ1v) is 13.0. The zero-order valence-corrected chi connectivity index (χ0v) is 19.9. The molecule has 1 N–H and O–H groups in total. The number of fused-ring (bicyclic) bond motifs is 1. The third kappa shape index (κ3) is 4.56. The highest BCUT2D eigenvalue weighted by molar-refractivity contribution is 7.92. The standard InChI is InChI=1S/C24H21F2N5O4S/c1-36(33,34)30-22-18(25)6-5-16(20(22)26)23(32)21-17-12-15(14-7-9-27-10-8-14)13-28-24(17)31(29-21)19-4-2-3-11-35-19/h5-10,12-13,19,30H,2-4,11H2,1H3. The van der Waals surface area contributed by atoms with Crippen LogP contribution in [0.15, 0.2) is 48.9 Å². The van der Waals surface area contributed by atoms with Crippen LogP contribution in [0.25, 0.3) is 22.2 Å². The molecule has 186 valence electrons. The zero-order valence-electron chi connectivity index (χ0n) is 19.1. The zero-order chi connectivity index (χ0) is 25.4. The third-order valence-electron chi connectivity index (χ3n) is 5.83. The van der Waals surface area contributed by atoms with E-state index in [0.29, 0.717) is 29.6 Å². The van der Waals surface area contributed by atoms with Gasteiger partial charge in [0.25, 0.3) is 0 Å². The molecule has 0 amide bonds. The van der Waals surface area contributed by atoms with Gasteiger partial charge in [-0.15, -0.1) is 0 Å². The molecule has 0 spiro atoms. The van der Waals surface area contributed by atoms with Gasteiger partial charge in [0.15, 0.2) is 17.7 Å². The number of benzene rings is 1. The van der Waals surface area contributed by atoms with E-state index in [9.17, 15) is 17.6 Å². The molecule has 3 aromatic heterocycles. The first-order valence-electron chi connectivity index (χ1n) is 11.1. The summed E-state index contributed by atoms with van der Waals surface area (Å²) in [5.74, 6) is -3.33. The molecule has 0 aliphatic carbocycles. The SMILES string of the molecule is CS(=O)(=O)Nc1c(F)ccc(C(=O)c2nn(C3CCCCO3)c3ncc(-c4ccncc4)cc23)c1F. The molecule has 4 heterocycles. The molecule has 1 aliphatic rings. The van der Waals surface area contributed by atoms with Gasteiger partial charge in [-0.1, -0.05) is 0 Å². The maximum absolute atomic E-state index is 15.2.